The molecular formula is C11H9N3O3. The minimum absolute atomic E-state index is 0.0843. The SMILES string of the molecule is N=NC(=O)Nc1c(O)cc(O)c2ccccc12. The van der Waals surface area contributed by atoms with E-state index in [1.807, 2.05) is 0 Å². The van der Waals surface area contributed by atoms with Gasteiger partial charge in [-0.3, -0.25) is 0 Å². The molecule has 86 valence electrons. The molecule has 0 aliphatic rings. The smallest absolute Gasteiger partial charge is 0.363 e. The highest BCUT2D eigenvalue weighted by Crippen LogP contribution is 2.38. The van der Waals surface area contributed by atoms with E-state index in [0.717, 1.165) is 6.07 Å². The average Bonchev–Trinajstić information content (AvgIpc) is 2.34. The summed E-state index contributed by atoms with van der Waals surface area (Å²) in [6, 6.07) is 6.94. The number of benzene rings is 2. The maximum atomic E-state index is 11.0. The highest BCUT2D eigenvalue weighted by Gasteiger charge is 2.12. The van der Waals surface area contributed by atoms with E-state index in [4.69, 9.17) is 5.53 Å². The molecule has 17 heavy (non-hydrogen) atoms. The monoisotopic (exact) mass is 231 g/mol. The molecule has 0 saturated heterocycles. The second kappa shape index (κ2) is 4.09. The summed E-state index contributed by atoms with van der Waals surface area (Å²) < 4.78 is 0. The number of nitrogens with one attached hydrogen (secondary N) is 2. The highest BCUT2D eigenvalue weighted by molar-refractivity contribution is 6.06. The number of anilines is 1. The molecule has 0 aromatic heterocycles. The largest absolute Gasteiger partial charge is 0.507 e. The first-order chi connectivity index (χ1) is 8.13. The fraction of sp³-hybridized carbons (Fsp3) is 0. The highest BCUT2D eigenvalue weighted by atomic mass is 16.3. The lowest BCUT2D eigenvalue weighted by Gasteiger charge is -2.10. The van der Waals surface area contributed by atoms with Gasteiger partial charge in [0.2, 0.25) is 0 Å². The van der Waals surface area contributed by atoms with E-state index in [0.29, 0.717) is 10.8 Å². The van der Waals surface area contributed by atoms with Gasteiger partial charge < -0.3 is 15.5 Å². The first-order valence-electron chi connectivity index (χ1n) is 4.75. The van der Waals surface area contributed by atoms with Gasteiger partial charge >= 0.3 is 6.03 Å². The third-order valence-electron chi connectivity index (χ3n) is 2.34. The molecule has 6 nitrogen and oxygen atoms in total. The Balaban J connectivity index is 2.69. The molecule has 0 atom stereocenters. The van der Waals surface area contributed by atoms with Gasteiger partial charge in [-0.05, 0) is 0 Å². The third kappa shape index (κ3) is 1.87. The number of carbonyl (C=O) groups excluding carboxylic acids is 1. The molecule has 0 heterocycles. The number of phenolic OH excluding ortho intramolecular Hbond substituents is 2. The van der Waals surface area contributed by atoms with E-state index in [-0.39, 0.29) is 17.2 Å². The van der Waals surface area contributed by atoms with Crippen LogP contribution in [0.5, 0.6) is 11.5 Å². The van der Waals surface area contributed by atoms with Gasteiger partial charge in [0.25, 0.3) is 0 Å². The fourth-order valence-corrected chi connectivity index (χ4v) is 1.61. The maximum absolute atomic E-state index is 11.0. The first kappa shape index (κ1) is 10.9. The molecule has 0 unspecified atom stereocenters. The van der Waals surface area contributed by atoms with Gasteiger partial charge in [0.15, 0.2) is 0 Å². The van der Waals surface area contributed by atoms with Crippen LogP contribution in [0.2, 0.25) is 0 Å². The van der Waals surface area contributed by atoms with Gasteiger partial charge in [-0.1, -0.05) is 29.4 Å². The zero-order valence-electron chi connectivity index (χ0n) is 8.64. The van der Waals surface area contributed by atoms with Crippen LogP contribution in [0.4, 0.5) is 10.5 Å². The van der Waals surface area contributed by atoms with E-state index in [9.17, 15) is 15.0 Å². The Morgan fingerprint density at radius 3 is 2.47 bits per heavy atom. The summed E-state index contributed by atoms with van der Waals surface area (Å²) in [7, 11) is 0. The van der Waals surface area contributed by atoms with Crippen molar-refractivity contribution in [2.24, 2.45) is 5.11 Å². The lowest BCUT2D eigenvalue weighted by atomic mass is 10.1. The second-order valence-corrected chi connectivity index (χ2v) is 3.38. The lowest BCUT2D eigenvalue weighted by Crippen LogP contribution is -2.05. The molecular weight excluding hydrogens is 222 g/mol. The van der Waals surface area contributed by atoms with Crippen LogP contribution in [-0.4, -0.2) is 16.2 Å². The maximum Gasteiger partial charge on any atom is 0.363 e. The summed E-state index contributed by atoms with van der Waals surface area (Å²) in [5.41, 5.74) is 6.69. The Bertz CT molecular complexity index is 610. The summed E-state index contributed by atoms with van der Waals surface area (Å²) in [5, 5.41) is 25.2. The van der Waals surface area contributed by atoms with Crippen molar-refractivity contribution in [2.45, 2.75) is 0 Å². The van der Waals surface area contributed by atoms with E-state index >= 15 is 0 Å². The second-order valence-electron chi connectivity index (χ2n) is 3.38. The summed E-state index contributed by atoms with van der Waals surface area (Å²) in [4.78, 5) is 11.0. The minimum Gasteiger partial charge on any atom is -0.507 e. The number of urea groups is 1. The summed E-state index contributed by atoms with van der Waals surface area (Å²) in [5.74, 6) is -0.364. The number of hydrogen-bond donors (Lipinski definition) is 4. The van der Waals surface area contributed by atoms with E-state index in [1.54, 1.807) is 24.3 Å². The number of rotatable bonds is 1. The molecule has 2 rings (SSSR count). The third-order valence-corrected chi connectivity index (χ3v) is 2.34. The molecule has 2 aromatic rings. The molecule has 0 bridgehead atoms. The molecule has 0 saturated carbocycles. The molecule has 2 aromatic carbocycles. The van der Waals surface area contributed by atoms with Crippen molar-refractivity contribution in [3.63, 3.8) is 0 Å². The molecule has 0 radical (unpaired) electrons. The van der Waals surface area contributed by atoms with Crippen molar-refractivity contribution in [1.82, 2.24) is 0 Å². The Hall–Kier alpha value is -2.63. The number of fused-ring (bicyclic) bond motifs is 1. The van der Waals surface area contributed by atoms with Crippen LogP contribution >= 0.6 is 0 Å². The Kier molecular flexibility index (Phi) is 2.61. The molecule has 0 spiro atoms. The Morgan fingerprint density at radius 2 is 1.82 bits per heavy atom. The Morgan fingerprint density at radius 1 is 1.18 bits per heavy atom. The van der Waals surface area contributed by atoms with E-state index < -0.39 is 6.03 Å². The number of nitrogens with zero attached hydrogens (tertiary/aromatic N) is 1. The molecule has 6 heteroatoms. The molecule has 2 amide bonds. The minimum atomic E-state index is -0.892. The topological polar surface area (TPSA) is 106 Å². The standard InChI is InChI=1S/C11H9N3O3/c12-14-11(17)13-10-7-4-2-1-3-6(7)8(15)5-9(10)16/h1-5,12,15-16H,(H,13,17). The van der Waals surface area contributed by atoms with Crippen molar-refractivity contribution in [2.75, 3.05) is 5.32 Å². The van der Waals surface area contributed by atoms with Gasteiger partial charge in [-0.2, -0.15) is 5.53 Å². The van der Waals surface area contributed by atoms with Crippen LogP contribution < -0.4 is 5.32 Å². The molecule has 4 N–H and O–H groups in total. The number of aromatic hydroxyl groups is 2. The average molecular weight is 231 g/mol. The molecule has 0 fully saturated rings. The van der Waals surface area contributed by atoms with Gasteiger partial charge in [0, 0.05) is 16.8 Å². The summed E-state index contributed by atoms with van der Waals surface area (Å²) in [6.45, 7) is 0. The normalized spacial score (nSPS) is 10.1. The molecule has 0 aliphatic heterocycles. The van der Waals surface area contributed by atoms with Crippen molar-refractivity contribution >= 4 is 22.5 Å². The zero-order chi connectivity index (χ0) is 12.4. The predicted molar refractivity (Wildman–Crippen MR) is 61.4 cm³/mol. The van der Waals surface area contributed by atoms with Crippen LogP contribution in [0.1, 0.15) is 0 Å². The summed E-state index contributed by atoms with van der Waals surface area (Å²) >= 11 is 0. The summed E-state index contributed by atoms with van der Waals surface area (Å²) in [6.07, 6.45) is 0. The van der Waals surface area contributed by atoms with Crippen LogP contribution in [0, 0.1) is 5.53 Å². The number of hydrogen-bond acceptors (Lipinski definition) is 4. The van der Waals surface area contributed by atoms with Crippen LogP contribution in [0.15, 0.2) is 35.4 Å². The first-order valence-corrected chi connectivity index (χ1v) is 4.75. The number of carbonyl (C=O) groups is 1. The Labute approximate surface area is 96.0 Å². The van der Waals surface area contributed by atoms with Gasteiger partial charge in [-0.25, -0.2) is 4.79 Å². The lowest BCUT2D eigenvalue weighted by molar-refractivity contribution is 0.257. The fourth-order valence-electron chi connectivity index (χ4n) is 1.61. The van der Waals surface area contributed by atoms with Crippen LogP contribution in [0.3, 0.4) is 0 Å². The zero-order valence-corrected chi connectivity index (χ0v) is 8.64. The van der Waals surface area contributed by atoms with Crippen molar-refractivity contribution < 1.29 is 15.0 Å². The van der Waals surface area contributed by atoms with Crippen molar-refractivity contribution in [1.29, 1.82) is 5.53 Å². The van der Waals surface area contributed by atoms with Gasteiger partial charge in [0.1, 0.15) is 11.5 Å². The van der Waals surface area contributed by atoms with Crippen molar-refractivity contribution in [3.05, 3.63) is 30.3 Å². The predicted octanol–water partition coefficient (Wildman–Crippen LogP) is 2.81. The molecule has 0 aliphatic carbocycles. The van der Waals surface area contributed by atoms with E-state index in [2.05, 4.69) is 10.4 Å². The van der Waals surface area contributed by atoms with Gasteiger partial charge in [-0.15, -0.1) is 0 Å². The quantitative estimate of drug-likeness (QED) is 0.344. The number of amides is 2. The van der Waals surface area contributed by atoms with Crippen LogP contribution in [-0.2, 0) is 0 Å². The van der Waals surface area contributed by atoms with Gasteiger partial charge in [0.05, 0.1) is 5.69 Å². The van der Waals surface area contributed by atoms with E-state index in [1.165, 1.54) is 0 Å². The van der Waals surface area contributed by atoms with Crippen LogP contribution in [0.25, 0.3) is 10.8 Å². The van der Waals surface area contributed by atoms with Crippen molar-refractivity contribution in [3.8, 4) is 11.5 Å². The number of phenols is 2.